The lowest BCUT2D eigenvalue weighted by Crippen LogP contribution is -2.16. The molecule has 0 aliphatic carbocycles. The van der Waals surface area contributed by atoms with Crippen LogP contribution in [0.2, 0.25) is 0 Å². The smallest absolute Gasteiger partial charge is 0.220 e. The number of nitrogen functional groups attached to an aromatic ring is 1. The Morgan fingerprint density at radius 3 is 2.78 bits per heavy atom. The van der Waals surface area contributed by atoms with E-state index >= 15 is 0 Å². The molecule has 1 aromatic carbocycles. The lowest BCUT2D eigenvalue weighted by molar-refractivity contribution is 0.0848. The summed E-state index contributed by atoms with van der Waals surface area (Å²) in [7, 11) is 0. The van der Waals surface area contributed by atoms with Gasteiger partial charge in [0.2, 0.25) is 5.95 Å². The fourth-order valence-electron chi connectivity index (χ4n) is 2.43. The first-order chi connectivity index (χ1) is 8.74. The highest BCUT2D eigenvalue weighted by Crippen LogP contribution is 2.31. The number of halogens is 1. The zero-order valence-electron chi connectivity index (χ0n) is 9.90. The van der Waals surface area contributed by atoms with Crippen molar-refractivity contribution in [2.24, 2.45) is 0 Å². The molecule has 0 spiro atoms. The van der Waals surface area contributed by atoms with Crippen LogP contribution in [0.5, 0.6) is 0 Å². The number of anilines is 1. The first-order valence-corrected chi connectivity index (χ1v) is 6.04. The van der Waals surface area contributed by atoms with Gasteiger partial charge in [-0.2, -0.15) is 0 Å². The molecule has 4 nitrogen and oxygen atoms in total. The summed E-state index contributed by atoms with van der Waals surface area (Å²) in [6, 6.07) is 4.52. The average Bonchev–Trinajstić information content (AvgIpc) is 2.39. The Labute approximate surface area is 104 Å². The average molecular weight is 247 g/mol. The predicted octanol–water partition coefficient (Wildman–Crippen LogP) is 2.25. The van der Waals surface area contributed by atoms with Gasteiger partial charge in [0.05, 0.1) is 11.2 Å². The van der Waals surface area contributed by atoms with Gasteiger partial charge >= 0.3 is 0 Å². The van der Waals surface area contributed by atoms with Gasteiger partial charge in [0, 0.05) is 24.5 Å². The van der Waals surface area contributed by atoms with Crippen LogP contribution < -0.4 is 5.73 Å². The lowest BCUT2D eigenvalue weighted by atomic mass is 9.93. The van der Waals surface area contributed by atoms with Crippen molar-refractivity contribution < 1.29 is 9.13 Å². The number of aromatic nitrogens is 2. The van der Waals surface area contributed by atoms with E-state index in [0.717, 1.165) is 23.9 Å². The van der Waals surface area contributed by atoms with E-state index in [0.29, 0.717) is 18.7 Å². The van der Waals surface area contributed by atoms with Crippen LogP contribution in [0.1, 0.15) is 24.5 Å². The number of ether oxygens (including phenoxy) is 1. The van der Waals surface area contributed by atoms with Gasteiger partial charge in [-0.1, -0.05) is 0 Å². The monoisotopic (exact) mass is 247 g/mol. The van der Waals surface area contributed by atoms with Crippen molar-refractivity contribution in [1.29, 1.82) is 0 Å². The first kappa shape index (κ1) is 11.3. The molecule has 3 rings (SSSR count). The lowest BCUT2D eigenvalue weighted by Gasteiger charge is -2.22. The van der Waals surface area contributed by atoms with Crippen LogP contribution in [-0.4, -0.2) is 23.2 Å². The van der Waals surface area contributed by atoms with E-state index in [1.807, 2.05) is 0 Å². The molecule has 1 aromatic heterocycles. The Morgan fingerprint density at radius 2 is 2.00 bits per heavy atom. The van der Waals surface area contributed by atoms with Crippen LogP contribution in [0.3, 0.4) is 0 Å². The standard InChI is InChI=1S/C13H14FN3O/c14-9-1-2-11-10(7-9)12(17-13(15)16-11)8-3-5-18-6-4-8/h1-2,7-8H,3-6H2,(H2,15,16,17). The number of rotatable bonds is 1. The third-order valence-electron chi connectivity index (χ3n) is 3.31. The maximum Gasteiger partial charge on any atom is 0.220 e. The summed E-state index contributed by atoms with van der Waals surface area (Å²) in [5, 5.41) is 0.760. The maximum absolute atomic E-state index is 13.4. The molecule has 94 valence electrons. The third kappa shape index (κ3) is 2.01. The second-order valence-electron chi connectivity index (χ2n) is 4.52. The van der Waals surface area contributed by atoms with Crippen molar-refractivity contribution in [2.45, 2.75) is 18.8 Å². The van der Waals surface area contributed by atoms with Crippen molar-refractivity contribution in [3.63, 3.8) is 0 Å². The molecular formula is C13H14FN3O. The van der Waals surface area contributed by atoms with Gasteiger partial charge in [-0.15, -0.1) is 0 Å². The van der Waals surface area contributed by atoms with Crippen molar-refractivity contribution >= 4 is 16.9 Å². The molecule has 5 heteroatoms. The zero-order valence-corrected chi connectivity index (χ0v) is 9.90. The molecule has 0 unspecified atom stereocenters. The molecule has 1 fully saturated rings. The van der Waals surface area contributed by atoms with Crippen molar-refractivity contribution in [3.8, 4) is 0 Å². The highest BCUT2D eigenvalue weighted by molar-refractivity contribution is 5.82. The van der Waals surface area contributed by atoms with Crippen LogP contribution >= 0.6 is 0 Å². The molecule has 1 aliphatic rings. The molecule has 0 saturated carbocycles. The summed E-state index contributed by atoms with van der Waals surface area (Å²) in [5.74, 6) is 0.244. The Balaban J connectivity index is 2.16. The van der Waals surface area contributed by atoms with E-state index in [-0.39, 0.29) is 17.7 Å². The number of hydrogen-bond acceptors (Lipinski definition) is 4. The highest BCUT2D eigenvalue weighted by atomic mass is 19.1. The van der Waals surface area contributed by atoms with Gasteiger partial charge in [0.15, 0.2) is 0 Å². The van der Waals surface area contributed by atoms with E-state index in [1.165, 1.54) is 12.1 Å². The molecule has 2 N–H and O–H groups in total. The zero-order chi connectivity index (χ0) is 12.5. The fourth-order valence-corrected chi connectivity index (χ4v) is 2.43. The molecule has 2 aromatic rings. The Kier molecular flexibility index (Phi) is 2.83. The quantitative estimate of drug-likeness (QED) is 0.839. The predicted molar refractivity (Wildman–Crippen MR) is 66.7 cm³/mol. The van der Waals surface area contributed by atoms with Gasteiger partial charge < -0.3 is 10.5 Å². The van der Waals surface area contributed by atoms with Crippen molar-refractivity contribution in [3.05, 3.63) is 29.7 Å². The van der Waals surface area contributed by atoms with Crippen molar-refractivity contribution in [2.75, 3.05) is 18.9 Å². The van der Waals surface area contributed by atoms with Gasteiger partial charge in [-0.25, -0.2) is 14.4 Å². The SMILES string of the molecule is Nc1nc(C2CCOCC2)c2cc(F)ccc2n1. The Bertz CT molecular complexity index is 582. The van der Waals surface area contributed by atoms with E-state index in [2.05, 4.69) is 9.97 Å². The number of benzene rings is 1. The summed E-state index contributed by atoms with van der Waals surface area (Å²) in [5.41, 5.74) is 7.27. The fraction of sp³-hybridized carbons (Fsp3) is 0.385. The van der Waals surface area contributed by atoms with Gasteiger partial charge in [-0.05, 0) is 31.0 Å². The van der Waals surface area contributed by atoms with Crippen LogP contribution in [0.4, 0.5) is 10.3 Å². The van der Waals surface area contributed by atoms with Crippen LogP contribution in [0.15, 0.2) is 18.2 Å². The summed E-state index contributed by atoms with van der Waals surface area (Å²) < 4.78 is 18.7. The second kappa shape index (κ2) is 4.49. The summed E-state index contributed by atoms with van der Waals surface area (Å²) in [6.07, 6.45) is 1.78. The normalized spacial score (nSPS) is 17.2. The first-order valence-electron chi connectivity index (χ1n) is 6.04. The minimum absolute atomic E-state index is 0.246. The maximum atomic E-state index is 13.4. The summed E-state index contributed by atoms with van der Waals surface area (Å²) in [4.78, 5) is 8.45. The molecule has 0 bridgehead atoms. The number of nitrogens with two attached hydrogens (primary N) is 1. The molecule has 0 atom stereocenters. The highest BCUT2D eigenvalue weighted by Gasteiger charge is 2.20. The molecule has 1 aliphatic heterocycles. The summed E-state index contributed by atoms with van der Waals surface area (Å²) in [6.45, 7) is 1.43. The van der Waals surface area contributed by atoms with Crippen LogP contribution in [-0.2, 0) is 4.74 Å². The minimum atomic E-state index is -0.274. The number of fused-ring (bicyclic) bond motifs is 1. The van der Waals surface area contributed by atoms with E-state index < -0.39 is 0 Å². The van der Waals surface area contributed by atoms with Gasteiger partial charge in [0.1, 0.15) is 5.82 Å². The topological polar surface area (TPSA) is 61.0 Å². The van der Waals surface area contributed by atoms with Crippen LogP contribution in [0.25, 0.3) is 10.9 Å². The second-order valence-corrected chi connectivity index (χ2v) is 4.52. The van der Waals surface area contributed by atoms with E-state index in [1.54, 1.807) is 6.07 Å². The molecule has 2 heterocycles. The Hall–Kier alpha value is -1.75. The molecule has 0 amide bonds. The molecular weight excluding hydrogens is 233 g/mol. The van der Waals surface area contributed by atoms with Gasteiger partial charge in [-0.3, -0.25) is 0 Å². The number of hydrogen-bond donors (Lipinski definition) is 1. The molecule has 0 radical (unpaired) electrons. The number of nitrogens with zero attached hydrogens (tertiary/aromatic N) is 2. The van der Waals surface area contributed by atoms with E-state index in [4.69, 9.17) is 10.5 Å². The van der Waals surface area contributed by atoms with Crippen molar-refractivity contribution in [1.82, 2.24) is 9.97 Å². The van der Waals surface area contributed by atoms with Crippen LogP contribution in [0, 0.1) is 5.82 Å². The third-order valence-corrected chi connectivity index (χ3v) is 3.31. The molecule has 1 saturated heterocycles. The van der Waals surface area contributed by atoms with E-state index in [9.17, 15) is 4.39 Å². The Morgan fingerprint density at radius 1 is 1.22 bits per heavy atom. The summed E-state index contributed by atoms with van der Waals surface area (Å²) >= 11 is 0. The largest absolute Gasteiger partial charge is 0.381 e. The molecule has 18 heavy (non-hydrogen) atoms. The minimum Gasteiger partial charge on any atom is -0.381 e. The van der Waals surface area contributed by atoms with Gasteiger partial charge in [0.25, 0.3) is 0 Å².